The van der Waals surface area contributed by atoms with Crippen LogP contribution in [0.3, 0.4) is 0 Å². The van der Waals surface area contributed by atoms with Gasteiger partial charge >= 0.3 is 0 Å². The van der Waals surface area contributed by atoms with Crippen molar-refractivity contribution in [2.24, 2.45) is 0 Å². The van der Waals surface area contributed by atoms with Gasteiger partial charge in [-0.1, -0.05) is 38.1 Å². The molecule has 2 N–H and O–H groups in total. The Morgan fingerprint density at radius 1 is 1.44 bits per heavy atom. The van der Waals surface area contributed by atoms with Gasteiger partial charge in [0.2, 0.25) is 0 Å². The maximum absolute atomic E-state index is 9.74. The second kappa shape index (κ2) is 4.56. The van der Waals surface area contributed by atoms with Crippen molar-refractivity contribution in [2.45, 2.75) is 38.1 Å². The van der Waals surface area contributed by atoms with Gasteiger partial charge in [0.05, 0.1) is 12.1 Å². The predicted octanol–water partition coefficient (Wildman–Crippen LogP) is 2.38. The van der Waals surface area contributed by atoms with E-state index in [1.807, 2.05) is 0 Å². The van der Waals surface area contributed by atoms with E-state index in [0.717, 1.165) is 19.4 Å². The van der Waals surface area contributed by atoms with Gasteiger partial charge in [-0.25, -0.2) is 0 Å². The third-order valence-electron chi connectivity index (χ3n) is 3.80. The standard InChI is InChI=1S/C14H21NO/c1-3-15-14(10-16)9-8-11(2)12-6-4-5-7-13(12)14/h4-7,11,15-16H,3,8-10H2,1-2H3. The minimum atomic E-state index is -0.210. The van der Waals surface area contributed by atoms with E-state index in [-0.39, 0.29) is 12.1 Å². The lowest BCUT2D eigenvalue weighted by atomic mass is 9.72. The molecule has 1 aromatic rings. The lowest BCUT2D eigenvalue weighted by Gasteiger charge is -2.40. The first-order chi connectivity index (χ1) is 7.73. The van der Waals surface area contributed by atoms with Crippen LogP contribution in [0.2, 0.25) is 0 Å². The van der Waals surface area contributed by atoms with Gasteiger partial charge in [-0.3, -0.25) is 0 Å². The lowest BCUT2D eigenvalue weighted by molar-refractivity contribution is 0.140. The third kappa shape index (κ3) is 1.76. The van der Waals surface area contributed by atoms with Crippen molar-refractivity contribution < 1.29 is 5.11 Å². The number of fused-ring (bicyclic) bond motifs is 1. The average Bonchev–Trinajstić information content (AvgIpc) is 2.34. The fourth-order valence-electron chi connectivity index (χ4n) is 2.86. The predicted molar refractivity (Wildman–Crippen MR) is 66.5 cm³/mol. The molecule has 2 unspecified atom stereocenters. The first-order valence-electron chi connectivity index (χ1n) is 6.19. The molecule has 2 heteroatoms. The van der Waals surface area contributed by atoms with Crippen molar-refractivity contribution in [3.05, 3.63) is 35.4 Å². The Morgan fingerprint density at radius 2 is 2.19 bits per heavy atom. The normalized spacial score (nSPS) is 28.8. The van der Waals surface area contributed by atoms with E-state index in [1.54, 1.807) is 0 Å². The number of aliphatic hydroxyl groups is 1. The van der Waals surface area contributed by atoms with Gasteiger partial charge in [0, 0.05) is 0 Å². The zero-order chi connectivity index (χ0) is 11.6. The smallest absolute Gasteiger partial charge is 0.0672 e. The van der Waals surface area contributed by atoms with Crippen molar-refractivity contribution in [3.8, 4) is 0 Å². The monoisotopic (exact) mass is 219 g/mol. The molecule has 0 radical (unpaired) electrons. The van der Waals surface area contributed by atoms with E-state index in [4.69, 9.17) is 0 Å². The highest BCUT2D eigenvalue weighted by Gasteiger charge is 2.37. The van der Waals surface area contributed by atoms with E-state index in [9.17, 15) is 5.11 Å². The Kier molecular flexibility index (Phi) is 3.31. The molecule has 2 nitrogen and oxygen atoms in total. The van der Waals surface area contributed by atoms with E-state index < -0.39 is 0 Å². The molecule has 88 valence electrons. The van der Waals surface area contributed by atoms with E-state index >= 15 is 0 Å². The summed E-state index contributed by atoms with van der Waals surface area (Å²) in [5.41, 5.74) is 2.47. The summed E-state index contributed by atoms with van der Waals surface area (Å²) in [4.78, 5) is 0. The zero-order valence-corrected chi connectivity index (χ0v) is 10.2. The molecule has 0 fully saturated rings. The number of likely N-dealkylation sites (N-methyl/N-ethyl adjacent to an activating group) is 1. The van der Waals surface area contributed by atoms with Gasteiger partial charge in [0.15, 0.2) is 0 Å². The quantitative estimate of drug-likeness (QED) is 0.818. The number of hydrogen-bond acceptors (Lipinski definition) is 2. The Morgan fingerprint density at radius 3 is 2.88 bits per heavy atom. The van der Waals surface area contributed by atoms with Crippen molar-refractivity contribution in [2.75, 3.05) is 13.2 Å². The van der Waals surface area contributed by atoms with Crippen LogP contribution in [0.25, 0.3) is 0 Å². The molecule has 0 heterocycles. The molecule has 2 atom stereocenters. The largest absolute Gasteiger partial charge is 0.394 e. The van der Waals surface area contributed by atoms with Crippen LogP contribution < -0.4 is 5.32 Å². The van der Waals surface area contributed by atoms with Crippen molar-refractivity contribution in [1.82, 2.24) is 5.32 Å². The highest BCUT2D eigenvalue weighted by Crippen LogP contribution is 2.40. The van der Waals surface area contributed by atoms with Gasteiger partial charge in [0.1, 0.15) is 0 Å². The lowest BCUT2D eigenvalue weighted by Crippen LogP contribution is -2.48. The van der Waals surface area contributed by atoms with Crippen molar-refractivity contribution in [1.29, 1.82) is 0 Å². The number of rotatable bonds is 3. The molecule has 0 spiro atoms. The fourth-order valence-corrected chi connectivity index (χ4v) is 2.86. The van der Waals surface area contributed by atoms with Crippen LogP contribution in [0.5, 0.6) is 0 Å². The SMILES string of the molecule is CCNC1(CO)CCC(C)c2ccccc21. The molecule has 0 saturated carbocycles. The average molecular weight is 219 g/mol. The van der Waals surface area contributed by atoms with E-state index in [0.29, 0.717) is 5.92 Å². The first kappa shape index (κ1) is 11.6. The molecule has 2 rings (SSSR count). The minimum absolute atomic E-state index is 0.185. The Bertz CT molecular complexity index is 364. The van der Waals surface area contributed by atoms with Crippen LogP contribution in [-0.4, -0.2) is 18.3 Å². The van der Waals surface area contributed by atoms with Crippen LogP contribution in [0.4, 0.5) is 0 Å². The van der Waals surface area contributed by atoms with Crippen LogP contribution >= 0.6 is 0 Å². The van der Waals surface area contributed by atoms with Crippen molar-refractivity contribution >= 4 is 0 Å². The summed E-state index contributed by atoms with van der Waals surface area (Å²) in [5.74, 6) is 0.606. The molecule has 1 aromatic carbocycles. The summed E-state index contributed by atoms with van der Waals surface area (Å²) in [6, 6.07) is 8.51. The van der Waals surface area contributed by atoms with Crippen LogP contribution in [0.15, 0.2) is 24.3 Å². The van der Waals surface area contributed by atoms with Gasteiger partial charge < -0.3 is 10.4 Å². The molecule has 0 amide bonds. The Hall–Kier alpha value is -0.860. The van der Waals surface area contributed by atoms with Crippen LogP contribution in [0.1, 0.15) is 43.7 Å². The highest BCUT2D eigenvalue weighted by molar-refractivity contribution is 5.38. The molecule has 16 heavy (non-hydrogen) atoms. The summed E-state index contributed by atoms with van der Waals surface area (Å²) >= 11 is 0. The molecular formula is C14H21NO. The van der Waals surface area contributed by atoms with Crippen molar-refractivity contribution in [3.63, 3.8) is 0 Å². The number of benzene rings is 1. The zero-order valence-electron chi connectivity index (χ0n) is 10.2. The molecular weight excluding hydrogens is 198 g/mol. The summed E-state index contributed by atoms with van der Waals surface area (Å²) in [7, 11) is 0. The van der Waals surface area contributed by atoms with Crippen LogP contribution in [-0.2, 0) is 5.54 Å². The summed E-state index contributed by atoms with van der Waals surface area (Å²) < 4.78 is 0. The Balaban J connectivity index is 2.47. The van der Waals surface area contributed by atoms with Gasteiger partial charge in [-0.2, -0.15) is 0 Å². The maximum atomic E-state index is 9.74. The molecule has 0 aliphatic heterocycles. The molecule has 0 aromatic heterocycles. The number of hydrogen-bond donors (Lipinski definition) is 2. The van der Waals surface area contributed by atoms with E-state index in [1.165, 1.54) is 11.1 Å². The fraction of sp³-hybridized carbons (Fsp3) is 0.571. The number of nitrogens with one attached hydrogen (secondary N) is 1. The molecule has 1 aliphatic carbocycles. The Labute approximate surface area is 97.7 Å². The topological polar surface area (TPSA) is 32.3 Å². The third-order valence-corrected chi connectivity index (χ3v) is 3.80. The molecule has 1 aliphatic rings. The summed E-state index contributed by atoms with van der Waals surface area (Å²) in [6.07, 6.45) is 2.17. The van der Waals surface area contributed by atoms with Gasteiger partial charge in [-0.15, -0.1) is 0 Å². The summed E-state index contributed by atoms with van der Waals surface area (Å²) in [6.45, 7) is 5.44. The maximum Gasteiger partial charge on any atom is 0.0672 e. The van der Waals surface area contributed by atoms with Gasteiger partial charge in [-0.05, 0) is 36.4 Å². The second-order valence-electron chi connectivity index (χ2n) is 4.80. The second-order valence-corrected chi connectivity index (χ2v) is 4.80. The van der Waals surface area contributed by atoms with E-state index in [2.05, 4.69) is 43.4 Å². The molecule has 0 bridgehead atoms. The number of aliphatic hydroxyl groups excluding tert-OH is 1. The van der Waals surface area contributed by atoms with Crippen LogP contribution in [0, 0.1) is 0 Å². The van der Waals surface area contributed by atoms with Gasteiger partial charge in [0.25, 0.3) is 0 Å². The summed E-state index contributed by atoms with van der Waals surface area (Å²) in [5, 5.41) is 13.2. The highest BCUT2D eigenvalue weighted by atomic mass is 16.3. The molecule has 0 saturated heterocycles. The minimum Gasteiger partial charge on any atom is -0.394 e. The first-order valence-corrected chi connectivity index (χ1v) is 6.19.